The van der Waals surface area contributed by atoms with Crippen molar-refractivity contribution in [3.8, 4) is 5.75 Å². The van der Waals surface area contributed by atoms with Crippen LogP contribution in [0.1, 0.15) is 62.3 Å². The van der Waals surface area contributed by atoms with Gasteiger partial charge in [0.25, 0.3) is 0 Å². The lowest BCUT2D eigenvalue weighted by Crippen LogP contribution is -2.10. The highest BCUT2D eigenvalue weighted by Crippen LogP contribution is 2.40. The Morgan fingerprint density at radius 2 is 1.80 bits per heavy atom. The highest BCUT2D eigenvalue weighted by molar-refractivity contribution is 9.10. The molecule has 3 heteroatoms. The SMILES string of the molecule is CCOc1ccc(C(Br)C2CCCCCCC2)cc1Br. The van der Waals surface area contributed by atoms with Gasteiger partial charge in [-0.2, -0.15) is 0 Å². The number of halogens is 2. The summed E-state index contributed by atoms with van der Waals surface area (Å²) in [5.41, 5.74) is 1.37. The van der Waals surface area contributed by atoms with Gasteiger partial charge in [-0.25, -0.2) is 0 Å². The smallest absolute Gasteiger partial charge is 0.133 e. The summed E-state index contributed by atoms with van der Waals surface area (Å²) in [6, 6.07) is 6.50. The zero-order chi connectivity index (χ0) is 14.4. The van der Waals surface area contributed by atoms with Gasteiger partial charge in [0.15, 0.2) is 0 Å². The second-order valence-corrected chi connectivity index (χ2v) is 7.47. The first-order valence-electron chi connectivity index (χ1n) is 7.78. The number of benzene rings is 1. The molecule has 0 aromatic heterocycles. The number of alkyl halides is 1. The van der Waals surface area contributed by atoms with E-state index in [9.17, 15) is 0 Å². The summed E-state index contributed by atoms with van der Waals surface area (Å²) in [7, 11) is 0. The third kappa shape index (κ3) is 4.49. The molecule has 1 aromatic rings. The first kappa shape index (κ1) is 16.4. The van der Waals surface area contributed by atoms with Crippen LogP contribution in [0.2, 0.25) is 0 Å². The van der Waals surface area contributed by atoms with Crippen molar-refractivity contribution >= 4 is 31.9 Å². The van der Waals surface area contributed by atoms with E-state index in [1.54, 1.807) is 0 Å². The molecule has 2 rings (SSSR count). The highest BCUT2D eigenvalue weighted by atomic mass is 79.9. The third-order valence-corrected chi connectivity index (χ3v) is 6.03. The molecule has 1 atom stereocenters. The van der Waals surface area contributed by atoms with E-state index in [0.717, 1.165) is 16.1 Å². The zero-order valence-electron chi connectivity index (χ0n) is 12.2. The molecule has 20 heavy (non-hydrogen) atoms. The summed E-state index contributed by atoms with van der Waals surface area (Å²) in [4.78, 5) is 0.465. The Bertz CT molecular complexity index is 411. The Labute approximate surface area is 139 Å². The first-order chi connectivity index (χ1) is 9.72. The van der Waals surface area contributed by atoms with Gasteiger partial charge in [0.1, 0.15) is 5.75 Å². The molecule has 1 aromatic carbocycles. The molecule has 0 radical (unpaired) electrons. The summed E-state index contributed by atoms with van der Waals surface area (Å²) in [5.74, 6) is 1.70. The van der Waals surface area contributed by atoms with Crippen molar-refractivity contribution < 1.29 is 4.74 Å². The molecule has 1 unspecified atom stereocenters. The molecule has 0 amide bonds. The van der Waals surface area contributed by atoms with Gasteiger partial charge in [-0.1, -0.05) is 54.1 Å². The molecule has 1 aliphatic rings. The quantitative estimate of drug-likeness (QED) is 0.511. The Morgan fingerprint density at radius 1 is 1.15 bits per heavy atom. The van der Waals surface area contributed by atoms with E-state index >= 15 is 0 Å². The lowest BCUT2D eigenvalue weighted by molar-refractivity contribution is 0.337. The predicted octanol–water partition coefficient (Wildman–Crippen LogP) is 6.64. The van der Waals surface area contributed by atoms with E-state index in [4.69, 9.17) is 4.74 Å². The maximum Gasteiger partial charge on any atom is 0.133 e. The van der Waals surface area contributed by atoms with E-state index in [2.05, 4.69) is 50.1 Å². The Balaban J connectivity index is 2.06. The number of hydrogen-bond acceptors (Lipinski definition) is 1. The average Bonchev–Trinajstić information content (AvgIpc) is 2.40. The van der Waals surface area contributed by atoms with Crippen molar-refractivity contribution in [2.75, 3.05) is 6.61 Å². The predicted molar refractivity (Wildman–Crippen MR) is 92.8 cm³/mol. The normalized spacial score (nSPS) is 19.1. The first-order valence-corrected chi connectivity index (χ1v) is 9.49. The van der Waals surface area contributed by atoms with Gasteiger partial charge in [-0.3, -0.25) is 0 Å². The second-order valence-electron chi connectivity index (χ2n) is 5.63. The Hall–Kier alpha value is -0.0200. The molecule has 0 bridgehead atoms. The van der Waals surface area contributed by atoms with E-state index in [-0.39, 0.29) is 0 Å². The molecule has 0 aliphatic heterocycles. The number of ether oxygens (including phenoxy) is 1. The molecule has 0 spiro atoms. The van der Waals surface area contributed by atoms with Crippen LogP contribution < -0.4 is 4.74 Å². The maximum atomic E-state index is 5.59. The lowest BCUT2D eigenvalue weighted by atomic mass is 9.86. The number of hydrogen-bond donors (Lipinski definition) is 0. The van der Waals surface area contributed by atoms with E-state index in [1.807, 2.05) is 6.92 Å². The van der Waals surface area contributed by atoms with Crippen LogP contribution in [0.4, 0.5) is 0 Å². The van der Waals surface area contributed by atoms with Crippen LogP contribution in [0, 0.1) is 5.92 Å². The maximum absolute atomic E-state index is 5.59. The van der Waals surface area contributed by atoms with Gasteiger partial charge in [-0.05, 0) is 59.3 Å². The highest BCUT2D eigenvalue weighted by Gasteiger charge is 2.22. The van der Waals surface area contributed by atoms with Gasteiger partial charge in [0.2, 0.25) is 0 Å². The fourth-order valence-corrected chi connectivity index (χ4v) is 4.34. The average molecular weight is 404 g/mol. The van der Waals surface area contributed by atoms with Crippen LogP contribution >= 0.6 is 31.9 Å². The van der Waals surface area contributed by atoms with Crippen LogP contribution in [0.15, 0.2) is 22.7 Å². The van der Waals surface area contributed by atoms with E-state index in [1.165, 1.54) is 50.5 Å². The van der Waals surface area contributed by atoms with Crippen molar-refractivity contribution in [2.45, 2.75) is 56.7 Å². The van der Waals surface area contributed by atoms with Crippen molar-refractivity contribution in [1.82, 2.24) is 0 Å². The Kier molecular flexibility index (Phi) is 6.89. The zero-order valence-corrected chi connectivity index (χ0v) is 15.4. The molecule has 0 N–H and O–H groups in total. The standard InChI is InChI=1S/C17H24Br2O/c1-2-20-16-11-10-14(12-15(16)18)17(19)13-8-6-4-3-5-7-9-13/h10-13,17H,2-9H2,1H3. The monoisotopic (exact) mass is 402 g/mol. The molecule has 0 saturated heterocycles. The van der Waals surface area contributed by atoms with Crippen LogP contribution in [0.25, 0.3) is 0 Å². The summed E-state index contributed by atoms with van der Waals surface area (Å²) < 4.78 is 6.65. The molecule has 1 fully saturated rings. The van der Waals surface area contributed by atoms with Gasteiger partial charge < -0.3 is 4.74 Å². The van der Waals surface area contributed by atoms with E-state index in [0.29, 0.717) is 11.4 Å². The lowest BCUT2D eigenvalue weighted by Gasteiger charge is -2.25. The van der Waals surface area contributed by atoms with Crippen molar-refractivity contribution in [2.24, 2.45) is 5.92 Å². The largest absolute Gasteiger partial charge is 0.493 e. The fourth-order valence-electron chi connectivity index (χ4n) is 3.01. The molecular weight excluding hydrogens is 380 g/mol. The van der Waals surface area contributed by atoms with Gasteiger partial charge in [0.05, 0.1) is 11.1 Å². The summed E-state index contributed by atoms with van der Waals surface area (Å²) >= 11 is 7.57. The summed E-state index contributed by atoms with van der Waals surface area (Å²) in [6.45, 7) is 2.72. The minimum absolute atomic E-state index is 0.465. The van der Waals surface area contributed by atoms with Crippen LogP contribution in [-0.4, -0.2) is 6.61 Å². The van der Waals surface area contributed by atoms with Crippen LogP contribution in [0.3, 0.4) is 0 Å². The third-order valence-electron chi connectivity index (χ3n) is 4.14. The topological polar surface area (TPSA) is 9.23 Å². The van der Waals surface area contributed by atoms with Gasteiger partial charge >= 0.3 is 0 Å². The molecular formula is C17H24Br2O. The van der Waals surface area contributed by atoms with E-state index < -0.39 is 0 Å². The molecule has 1 aliphatic carbocycles. The molecule has 0 heterocycles. The second kappa shape index (κ2) is 8.43. The minimum Gasteiger partial charge on any atom is -0.493 e. The fraction of sp³-hybridized carbons (Fsp3) is 0.647. The molecule has 1 nitrogen and oxygen atoms in total. The number of rotatable bonds is 4. The minimum atomic E-state index is 0.465. The van der Waals surface area contributed by atoms with Crippen molar-refractivity contribution in [3.63, 3.8) is 0 Å². The van der Waals surface area contributed by atoms with Crippen molar-refractivity contribution in [1.29, 1.82) is 0 Å². The van der Waals surface area contributed by atoms with Gasteiger partial charge in [0, 0.05) is 4.83 Å². The summed E-state index contributed by atoms with van der Waals surface area (Å²) in [6.07, 6.45) is 9.69. The van der Waals surface area contributed by atoms with Gasteiger partial charge in [-0.15, -0.1) is 0 Å². The van der Waals surface area contributed by atoms with Crippen molar-refractivity contribution in [3.05, 3.63) is 28.2 Å². The molecule has 112 valence electrons. The Morgan fingerprint density at radius 3 is 2.40 bits per heavy atom. The summed E-state index contributed by atoms with van der Waals surface area (Å²) in [5, 5.41) is 0. The molecule has 1 saturated carbocycles. The van der Waals surface area contributed by atoms with Crippen LogP contribution in [-0.2, 0) is 0 Å². The van der Waals surface area contributed by atoms with Crippen LogP contribution in [0.5, 0.6) is 5.75 Å².